The zero-order valence-electron chi connectivity index (χ0n) is 15.4. The summed E-state index contributed by atoms with van der Waals surface area (Å²) in [6.45, 7) is 2.39. The van der Waals surface area contributed by atoms with E-state index in [0.717, 1.165) is 5.56 Å². The van der Waals surface area contributed by atoms with Gasteiger partial charge in [-0.05, 0) is 55.3 Å². The second-order valence-corrected chi connectivity index (χ2v) is 5.78. The molecule has 0 aliphatic carbocycles. The number of benzene rings is 2. The summed E-state index contributed by atoms with van der Waals surface area (Å²) >= 11 is 0. The summed E-state index contributed by atoms with van der Waals surface area (Å²) in [5.41, 5.74) is 1.93. The summed E-state index contributed by atoms with van der Waals surface area (Å²) in [5.74, 6) is -0.712. The number of hydrogen-bond donors (Lipinski definition) is 3. The molecule has 0 bridgehead atoms. The highest BCUT2D eigenvalue weighted by atomic mass is 16.5. The number of aromatic hydroxyl groups is 1. The number of ether oxygens (including phenoxy) is 1. The third kappa shape index (κ3) is 6.18. The van der Waals surface area contributed by atoms with E-state index in [2.05, 4.69) is 10.6 Å². The molecule has 0 spiro atoms. The first kappa shape index (κ1) is 20.5. The Balaban J connectivity index is 1.88. The summed E-state index contributed by atoms with van der Waals surface area (Å²) in [5, 5.41) is 24.0. The van der Waals surface area contributed by atoms with E-state index in [9.17, 15) is 20.0 Å². The first-order chi connectivity index (χ1) is 13.5. The number of phenolic OH excluding ortho intramolecular Hbond substituents is 1. The maximum Gasteiger partial charge on any atom is 0.338 e. The normalized spacial score (nSPS) is 10.6. The smallest absolute Gasteiger partial charge is 0.338 e. The summed E-state index contributed by atoms with van der Waals surface area (Å²) < 4.78 is 4.91. The van der Waals surface area contributed by atoms with E-state index in [0.29, 0.717) is 30.8 Å². The van der Waals surface area contributed by atoms with Crippen LogP contribution in [-0.4, -0.2) is 30.1 Å². The van der Waals surface area contributed by atoms with Crippen molar-refractivity contribution >= 4 is 17.6 Å². The summed E-state index contributed by atoms with van der Waals surface area (Å²) in [7, 11) is 0. The van der Waals surface area contributed by atoms with E-state index in [1.54, 1.807) is 55.5 Å². The lowest BCUT2D eigenvalue weighted by Crippen LogP contribution is -2.27. The zero-order chi connectivity index (χ0) is 20.4. The number of hydrogen-bond acceptors (Lipinski definition) is 6. The molecule has 0 radical (unpaired) electrons. The van der Waals surface area contributed by atoms with Crippen LogP contribution in [0.15, 0.2) is 60.3 Å². The Bertz CT molecular complexity index is 881. The third-order valence-electron chi connectivity index (χ3n) is 3.78. The average molecular weight is 379 g/mol. The molecule has 0 fully saturated rings. The molecular formula is C21H21N3O4. The second kappa shape index (κ2) is 10.4. The fourth-order valence-electron chi connectivity index (χ4n) is 2.30. The zero-order valence-corrected chi connectivity index (χ0v) is 15.4. The van der Waals surface area contributed by atoms with Crippen molar-refractivity contribution < 1.29 is 19.4 Å². The van der Waals surface area contributed by atoms with Gasteiger partial charge in [0.1, 0.15) is 17.4 Å². The van der Waals surface area contributed by atoms with Crippen molar-refractivity contribution in [1.82, 2.24) is 5.32 Å². The van der Waals surface area contributed by atoms with Gasteiger partial charge in [-0.1, -0.05) is 12.1 Å². The minimum absolute atomic E-state index is 0.0693. The van der Waals surface area contributed by atoms with Gasteiger partial charge in [0.15, 0.2) is 0 Å². The van der Waals surface area contributed by atoms with Crippen LogP contribution in [0.4, 0.5) is 5.69 Å². The molecule has 0 saturated carbocycles. The molecule has 2 aromatic rings. The largest absolute Gasteiger partial charge is 0.508 e. The fourth-order valence-corrected chi connectivity index (χ4v) is 2.30. The lowest BCUT2D eigenvalue weighted by molar-refractivity contribution is -0.117. The van der Waals surface area contributed by atoms with Crippen LogP contribution in [0, 0.1) is 11.3 Å². The molecule has 0 atom stereocenters. The van der Waals surface area contributed by atoms with Gasteiger partial charge in [-0.15, -0.1) is 0 Å². The molecule has 2 aromatic carbocycles. The van der Waals surface area contributed by atoms with Gasteiger partial charge in [0.05, 0.1) is 12.2 Å². The monoisotopic (exact) mass is 379 g/mol. The first-order valence-corrected chi connectivity index (χ1v) is 8.73. The van der Waals surface area contributed by atoms with Crippen LogP contribution >= 0.6 is 0 Å². The van der Waals surface area contributed by atoms with Crippen molar-refractivity contribution in [2.24, 2.45) is 0 Å². The highest BCUT2D eigenvalue weighted by Crippen LogP contribution is 2.12. The maximum atomic E-state index is 12.1. The van der Waals surface area contributed by atoms with Gasteiger partial charge in [0.25, 0.3) is 5.91 Å². The maximum absolute atomic E-state index is 12.1. The van der Waals surface area contributed by atoms with Crippen LogP contribution in [-0.2, 0) is 16.0 Å². The van der Waals surface area contributed by atoms with Crippen molar-refractivity contribution in [3.63, 3.8) is 0 Å². The minimum Gasteiger partial charge on any atom is -0.508 e. The molecular weight excluding hydrogens is 358 g/mol. The van der Waals surface area contributed by atoms with Crippen LogP contribution in [0.1, 0.15) is 22.8 Å². The number of carbonyl (C=O) groups excluding carboxylic acids is 2. The first-order valence-electron chi connectivity index (χ1n) is 8.73. The fraction of sp³-hybridized carbons (Fsp3) is 0.190. The molecule has 0 saturated heterocycles. The molecule has 0 aromatic heterocycles. The van der Waals surface area contributed by atoms with E-state index in [4.69, 9.17) is 4.74 Å². The predicted molar refractivity (Wildman–Crippen MR) is 105 cm³/mol. The molecule has 0 heterocycles. The van der Waals surface area contributed by atoms with Crippen LogP contribution in [0.2, 0.25) is 0 Å². The van der Waals surface area contributed by atoms with Gasteiger partial charge >= 0.3 is 5.97 Å². The van der Waals surface area contributed by atoms with Gasteiger partial charge in [-0.25, -0.2) is 4.79 Å². The molecule has 144 valence electrons. The van der Waals surface area contributed by atoms with Crippen LogP contribution in [0.5, 0.6) is 5.75 Å². The van der Waals surface area contributed by atoms with E-state index in [1.165, 1.54) is 6.20 Å². The molecule has 2 rings (SSSR count). The molecule has 7 heteroatoms. The molecule has 7 nitrogen and oxygen atoms in total. The number of anilines is 1. The van der Waals surface area contributed by atoms with Crippen molar-refractivity contribution in [2.75, 3.05) is 18.5 Å². The Morgan fingerprint density at radius 3 is 2.43 bits per heavy atom. The van der Waals surface area contributed by atoms with E-state index >= 15 is 0 Å². The topological polar surface area (TPSA) is 111 Å². The van der Waals surface area contributed by atoms with Gasteiger partial charge in [-0.2, -0.15) is 5.26 Å². The number of nitrogens with one attached hydrogen (secondary N) is 2. The Kier molecular flexibility index (Phi) is 7.61. The molecule has 3 N–H and O–H groups in total. The van der Waals surface area contributed by atoms with E-state index in [1.807, 2.05) is 6.07 Å². The molecule has 0 unspecified atom stereocenters. The van der Waals surface area contributed by atoms with Crippen LogP contribution in [0.3, 0.4) is 0 Å². The summed E-state index contributed by atoms with van der Waals surface area (Å²) in [6, 6.07) is 15.0. The summed E-state index contributed by atoms with van der Waals surface area (Å²) in [6.07, 6.45) is 1.89. The van der Waals surface area contributed by atoms with Gasteiger partial charge < -0.3 is 20.5 Å². The number of nitriles is 1. The quantitative estimate of drug-likeness (QED) is 0.369. The highest BCUT2D eigenvalue weighted by Gasteiger charge is 2.09. The van der Waals surface area contributed by atoms with Crippen molar-refractivity contribution in [2.45, 2.75) is 13.3 Å². The number of carbonyl (C=O) groups is 2. The van der Waals surface area contributed by atoms with E-state index in [-0.39, 0.29) is 11.3 Å². The van der Waals surface area contributed by atoms with Crippen molar-refractivity contribution in [3.8, 4) is 11.8 Å². The predicted octanol–water partition coefficient (Wildman–Crippen LogP) is 2.75. The third-order valence-corrected chi connectivity index (χ3v) is 3.78. The van der Waals surface area contributed by atoms with Crippen molar-refractivity contribution in [1.29, 1.82) is 5.26 Å². The lowest BCUT2D eigenvalue weighted by Gasteiger charge is -2.06. The Hall–Kier alpha value is -3.79. The number of nitrogens with zero attached hydrogens (tertiary/aromatic N) is 1. The van der Waals surface area contributed by atoms with Crippen molar-refractivity contribution in [3.05, 3.63) is 71.4 Å². The highest BCUT2D eigenvalue weighted by molar-refractivity contribution is 5.97. The lowest BCUT2D eigenvalue weighted by atomic mass is 10.1. The SMILES string of the molecule is CCOC(=O)c1ccc(N/C=C(/C#N)C(=O)NCCc2ccc(O)cc2)cc1. The Morgan fingerprint density at radius 2 is 1.82 bits per heavy atom. The molecule has 0 aliphatic rings. The molecule has 28 heavy (non-hydrogen) atoms. The van der Waals surface area contributed by atoms with Gasteiger partial charge in [-0.3, -0.25) is 4.79 Å². The average Bonchev–Trinajstić information content (AvgIpc) is 2.70. The standard InChI is InChI=1S/C21H21N3O4/c1-2-28-21(27)16-5-7-18(8-6-16)24-14-17(13-22)20(26)23-12-11-15-3-9-19(25)10-4-15/h3-10,14,24-25H,2,11-12H2,1H3,(H,23,26)/b17-14-. The number of rotatable bonds is 8. The summed E-state index contributed by atoms with van der Waals surface area (Å²) in [4.78, 5) is 23.7. The van der Waals surface area contributed by atoms with Gasteiger partial charge in [0, 0.05) is 18.4 Å². The number of esters is 1. The molecule has 0 aliphatic heterocycles. The number of phenols is 1. The van der Waals surface area contributed by atoms with Crippen LogP contribution in [0.25, 0.3) is 0 Å². The minimum atomic E-state index is -0.489. The van der Waals surface area contributed by atoms with Gasteiger partial charge in [0.2, 0.25) is 0 Å². The molecule has 1 amide bonds. The second-order valence-electron chi connectivity index (χ2n) is 5.78. The van der Waals surface area contributed by atoms with E-state index < -0.39 is 11.9 Å². The Morgan fingerprint density at radius 1 is 1.14 bits per heavy atom. The Labute approximate surface area is 163 Å². The van der Waals surface area contributed by atoms with Crippen LogP contribution < -0.4 is 10.6 Å². The number of amides is 1.